The zero-order valence-corrected chi connectivity index (χ0v) is 14.8. The van der Waals surface area contributed by atoms with E-state index < -0.39 is 0 Å². The van der Waals surface area contributed by atoms with Crippen molar-refractivity contribution in [2.45, 2.75) is 33.6 Å². The minimum atomic E-state index is 0.579. The molecule has 0 aliphatic carbocycles. The first kappa shape index (κ1) is 16.6. The van der Waals surface area contributed by atoms with Crippen LogP contribution in [0.3, 0.4) is 0 Å². The Balaban J connectivity index is 1.68. The number of aromatic nitrogens is 2. The van der Waals surface area contributed by atoms with Gasteiger partial charge in [0.2, 0.25) is 5.95 Å². The number of anilines is 4. The first-order valence-corrected chi connectivity index (χ1v) is 8.82. The minimum Gasteiger partial charge on any atom is -0.372 e. The summed E-state index contributed by atoms with van der Waals surface area (Å²) in [4.78, 5) is 11.5. The van der Waals surface area contributed by atoms with Gasteiger partial charge in [-0.2, -0.15) is 4.98 Å². The molecule has 0 bridgehead atoms. The normalized spacial score (nSPS) is 14.2. The lowest BCUT2D eigenvalue weighted by molar-refractivity contribution is 0.687. The van der Waals surface area contributed by atoms with E-state index in [2.05, 4.69) is 63.6 Å². The van der Waals surface area contributed by atoms with Gasteiger partial charge in [-0.15, -0.1) is 0 Å². The number of benzene rings is 1. The van der Waals surface area contributed by atoms with Gasteiger partial charge in [-0.05, 0) is 49.9 Å². The van der Waals surface area contributed by atoms with Gasteiger partial charge in [0, 0.05) is 42.8 Å². The van der Waals surface area contributed by atoms with Crippen LogP contribution in [0.4, 0.5) is 23.1 Å². The molecule has 128 valence electrons. The van der Waals surface area contributed by atoms with E-state index in [9.17, 15) is 0 Å². The third-order valence-electron chi connectivity index (χ3n) is 4.14. The van der Waals surface area contributed by atoms with Crippen molar-refractivity contribution in [3.8, 4) is 0 Å². The van der Waals surface area contributed by atoms with Crippen LogP contribution in [0, 0.1) is 12.8 Å². The molecule has 1 saturated heterocycles. The van der Waals surface area contributed by atoms with Gasteiger partial charge in [-0.1, -0.05) is 13.8 Å². The van der Waals surface area contributed by atoms with Crippen LogP contribution in [0.5, 0.6) is 0 Å². The van der Waals surface area contributed by atoms with Crippen LogP contribution < -0.4 is 15.5 Å². The Kier molecular flexibility index (Phi) is 5.18. The van der Waals surface area contributed by atoms with Crippen LogP contribution in [0.15, 0.2) is 30.3 Å². The Bertz CT molecular complexity index is 660. The van der Waals surface area contributed by atoms with E-state index in [-0.39, 0.29) is 0 Å². The van der Waals surface area contributed by atoms with E-state index >= 15 is 0 Å². The van der Waals surface area contributed by atoms with Crippen molar-refractivity contribution in [1.29, 1.82) is 0 Å². The minimum absolute atomic E-state index is 0.579. The number of hydrogen-bond donors (Lipinski definition) is 2. The van der Waals surface area contributed by atoms with Crippen LogP contribution in [0.25, 0.3) is 0 Å². The molecular formula is C19H27N5. The summed E-state index contributed by atoms with van der Waals surface area (Å²) in [5.74, 6) is 2.08. The molecule has 3 rings (SSSR count). The highest BCUT2D eigenvalue weighted by Crippen LogP contribution is 2.23. The quantitative estimate of drug-likeness (QED) is 0.834. The van der Waals surface area contributed by atoms with Crippen LogP contribution in [-0.2, 0) is 0 Å². The maximum absolute atomic E-state index is 4.56. The summed E-state index contributed by atoms with van der Waals surface area (Å²) in [6, 6.07) is 10.5. The lowest BCUT2D eigenvalue weighted by Crippen LogP contribution is -2.17. The molecule has 1 aromatic carbocycles. The molecule has 0 unspecified atom stereocenters. The molecule has 2 heterocycles. The Morgan fingerprint density at radius 3 is 2.46 bits per heavy atom. The Morgan fingerprint density at radius 1 is 1.08 bits per heavy atom. The lowest BCUT2D eigenvalue weighted by atomic mass is 10.2. The van der Waals surface area contributed by atoms with Gasteiger partial charge in [-0.25, -0.2) is 4.98 Å². The van der Waals surface area contributed by atoms with Gasteiger partial charge in [0.1, 0.15) is 5.82 Å². The molecule has 24 heavy (non-hydrogen) atoms. The maximum Gasteiger partial charge on any atom is 0.229 e. The van der Waals surface area contributed by atoms with E-state index in [4.69, 9.17) is 0 Å². The number of aryl methyl sites for hydroxylation is 1. The molecule has 0 amide bonds. The molecule has 0 atom stereocenters. The molecule has 5 heteroatoms. The zero-order chi connectivity index (χ0) is 16.9. The summed E-state index contributed by atoms with van der Waals surface area (Å²) in [6.07, 6.45) is 2.59. The first-order chi connectivity index (χ1) is 11.6. The topological polar surface area (TPSA) is 53.1 Å². The van der Waals surface area contributed by atoms with Crippen molar-refractivity contribution in [3.05, 3.63) is 36.0 Å². The van der Waals surface area contributed by atoms with Crippen molar-refractivity contribution < 1.29 is 0 Å². The fourth-order valence-corrected chi connectivity index (χ4v) is 2.88. The third-order valence-corrected chi connectivity index (χ3v) is 4.14. The maximum atomic E-state index is 4.56. The molecule has 0 spiro atoms. The molecule has 1 fully saturated rings. The average molecular weight is 325 g/mol. The molecule has 1 aliphatic rings. The third kappa shape index (κ3) is 4.37. The van der Waals surface area contributed by atoms with Gasteiger partial charge >= 0.3 is 0 Å². The molecular weight excluding hydrogens is 298 g/mol. The predicted molar refractivity (Wildman–Crippen MR) is 101 cm³/mol. The second kappa shape index (κ2) is 7.51. The zero-order valence-electron chi connectivity index (χ0n) is 14.8. The fraction of sp³-hybridized carbons (Fsp3) is 0.474. The Hall–Kier alpha value is -2.30. The highest BCUT2D eigenvalue weighted by atomic mass is 15.2. The Labute approximate surface area is 144 Å². The fourth-order valence-electron chi connectivity index (χ4n) is 2.88. The highest BCUT2D eigenvalue weighted by Gasteiger charge is 2.12. The van der Waals surface area contributed by atoms with E-state index in [0.29, 0.717) is 11.9 Å². The van der Waals surface area contributed by atoms with Gasteiger partial charge in [0.05, 0.1) is 0 Å². The number of hydrogen-bond acceptors (Lipinski definition) is 5. The number of nitrogens with one attached hydrogen (secondary N) is 2. The largest absolute Gasteiger partial charge is 0.372 e. The van der Waals surface area contributed by atoms with E-state index in [1.165, 1.54) is 31.6 Å². The molecule has 1 aliphatic heterocycles. The van der Waals surface area contributed by atoms with Gasteiger partial charge in [0.25, 0.3) is 0 Å². The van der Waals surface area contributed by atoms with Gasteiger partial charge in [0.15, 0.2) is 0 Å². The Morgan fingerprint density at radius 2 is 1.79 bits per heavy atom. The van der Waals surface area contributed by atoms with Gasteiger partial charge in [-0.3, -0.25) is 0 Å². The van der Waals surface area contributed by atoms with E-state index in [1.54, 1.807) is 0 Å². The first-order valence-electron chi connectivity index (χ1n) is 8.82. The monoisotopic (exact) mass is 325 g/mol. The SMILES string of the molecule is Cc1cc(NCC(C)C)nc(Nc2ccc(N3CCCC3)cc2)n1. The molecule has 2 aromatic rings. The molecule has 0 saturated carbocycles. The van der Waals surface area contributed by atoms with Crippen molar-refractivity contribution >= 4 is 23.1 Å². The van der Waals surface area contributed by atoms with Crippen molar-refractivity contribution in [3.63, 3.8) is 0 Å². The van der Waals surface area contributed by atoms with Crippen molar-refractivity contribution in [1.82, 2.24) is 9.97 Å². The highest BCUT2D eigenvalue weighted by molar-refractivity contribution is 5.60. The number of nitrogens with zero attached hydrogens (tertiary/aromatic N) is 3. The van der Waals surface area contributed by atoms with Crippen LogP contribution in [0.1, 0.15) is 32.4 Å². The predicted octanol–water partition coefficient (Wildman–Crippen LogP) is 4.20. The molecule has 5 nitrogen and oxygen atoms in total. The van der Waals surface area contributed by atoms with Crippen LogP contribution >= 0.6 is 0 Å². The van der Waals surface area contributed by atoms with Crippen molar-refractivity contribution in [2.75, 3.05) is 35.2 Å². The molecule has 0 radical (unpaired) electrons. The van der Waals surface area contributed by atoms with E-state index in [0.717, 1.165) is 23.7 Å². The summed E-state index contributed by atoms with van der Waals surface area (Å²) in [6.45, 7) is 9.59. The smallest absolute Gasteiger partial charge is 0.229 e. The van der Waals surface area contributed by atoms with Crippen molar-refractivity contribution in [2.24, 2.45) is 5.92 Å². The van der Waals surface area contributed by atoms with E-state index in [1.807, 2.05) is 13.0 Å². The standard InChI is InChI=1S/C19H27N5/c1-14(2)13-20-18-12-15(3)21-19(23-18)22-16-6-8-17(9-7-16)24-10-4-5-11-24/h6-9,12,14H,4-5,10-11,13H2,1-3H3,(H2,20,21,22,23). The summed E-state index contributed by atoms with van der Waals surface area (Å²) < 4.78 is 0. The summed E-state index contributed by atoms with van der Waals surface area (Å²) in [5, 5.41) is 6.67. The van der Waals surface area contributed by atoms with Crippen LogP contribution in [0.2, 0.25) is 0 Å². The summed E-state index contributed by atoms with van der Waals surface area (Å²) >= 11 is 0. The second-order valence-corrected chi connectivity index (χ2v) is 6.86. The number of rotatable bonds is 6. The lowest BCUT2D eigenvalue weighted by Gasteiger charge is -2.18. The molecule has 2 N–H and O–H groups in total. The van der Waals surface area contributed by atoms with Crippen LogP contribution in [-0.4, -0.2) is 29.6 Å². The van der Waals surface area contributed by atoms with Gasteiger partial charge < -0.3 is 15.5 Å². The summed E-state index contributed by atoms with van der Waals surface area (Å²) in [7, 11) is 0. The summed E-state index contributed by atoms with van der Waals surface area (Å²) in [5.41, 5.74) is 3.26. The average Bonchev–Trinajstić information content (AvgIpc) is 3.08. The second-order valence-electron chi connectivity index (χ2n) is 6.86. The molecule has 1 aromatic heterocycles.